The molecule has 2 aromatic heterocycles. The van der Waals surface area contributed by atoms with Gasteiger partial charge >= 0.3 is 5.97 Å². The lowest BCUT2D eigenvalue weighted by Gasteiger charge is -2.07. The molecule has 0 amide bonds. The van der Waals surface area contributed by atoms with E-state index in [1.54, 1.807) is 37.5 Å². The van der Waals surface area contributed by atoms with Crippen LogP contribution in [0.2, 0.25) is 5.02 Å². The fourth-order valence-corrected chi connectivity index (χ4v) is 3.16. The summed E-state index contributed by atoms with van der Waals surface area (Å²) in [6.45, 7) is 1.86. The Bertz CT molecular complexity index is 1010. The van der Waals surface area contributed by atoms with Crippen molar-refractivity contribution in [2.75, 3.05) is 6.61 Å². The number of H-pyrrole nitrogens is 1. The van der Waals surface area contributed by atoms with Crippen molar-refractivity contribution in [1.29, 1.82) is 0 Å². The number of ketones is 1. The summed E-state index contributed by atoms with van der Waals surface area (Å²) in [4.78, 5) is 32.6. The lowest BCUT2D eigenvalue weighted by molar-refractivity contribution is 0.0512. The van der Waals surface area contributed by atoms with Crippen LogP contribution in [-0.4, -0.2) is 33.5 Å². The first kappa shape index (κ1) is 17.5. The van der Waals surface area contributed by atoms with Gasteiger partial charge in [0.1, 0.15) is 11.4 Å². The van der Waals surface area contributed by atoms with Crippen molar-refractivity contribution in [3.05, 3.63) is 58.2 Å². The second-order valence-corrected chi connectivity index (χ2v) is 6.63. The third-order valence-corrected chi connectivity index (χ3v) is 4.66. The maximum atomic E-state index is 13.2. The third-order valence-electron chi connectivity index (χ3n) is 4.35. The number of hydrogen-bond acceptors (Lipinski definition) is 6. The van der Waals surface area contributed by atoms with Gasteiger partial charge in [-0.15, -0.1) is 0 Å². The normalized spacial score (nSPS) is 13.6. The maximum absolute atomic E-state index is 13.2. The molecular formula is C19H16ClN3O4. The van der Waals surface area contributed by atoms with Crippen molar-refractivity contribution >= 4 is 23.4 Å². The zero-order chi connectivity index (χ0) is 19.0. The minimum absolute atomic E-state index is 0.0980. The van der Waals surface area contributed by atoms with Gasteiger partial charge in [-0.2, -0.15) is 0 Å². The summed E-state index contributed by atoms with van der Waals surface area (Å²) in [5.74, 6) is 0.0822. The molecule has 2 heterocycles. The molecule has 0 bridgehead atoms. The summed E-state index contributed by atoms with van der Waals surface area (Å²) in [6.07, 6.45) is 5.12. The number of carbonyl (C=O) groups is 2. The monoisotopic (exact) mass is 385 g/mol. The SMILES string of the molecule is CCOC(=O)c1noc(C2CC2)c1C(=O)c1ccc(-c2ncc[nH]2)cc1Cl. The quantitative estimate of drug-likeness (QED) is 0.508. The van der Waals surface area contributed by atoms with E-state index in [0.717, 1.165) is 18.4 Å². The smallest absolute Gasteiger partial charge is 0.361 e. The van der Waals surface area contributed by atoms with Crippen LogP contribution in [0.15, 0.2) is 35.1 Å². The fraction of sp³-hybridized carbons (Fsp3) is 0.263. The van der Waals surface area contributed by atoms with Gasteiger partial charge in [-0.3, -0.25) is 4.79 Å². The summed E-state index contributed by atoms with van der Waals surface area (Å²) >= 11 is 6.37. The van der Waals surface area contributed by atoms with Gasteiger partial charge in [-0.05, 0) is 31.9 Å². The number of nitrogens with one attached hydrogen (secondary N) is 1. The molecule has 1 aliphatic carbocycles. The lowest BCUT2D eigenvalue weighted by Crippen LogP contribution is -2.13. The van der Waals surface area contributed by atoms with E-state index in [2.05, 4.69) is 15.1 Å². The highest BCUT2D eigenvalue weighted by atomic mass is 35.5. The Morgan fingerprint density at radius 1 is 1.37 bits per heavy atom. The third kappa shape index (κ3) is 3.26. The number of hydrogen-bond donors (Lipinski definition) is 1. The van der Waals surface area contributed by atoms with E-state index in [4.69, 9.17) is 20.9 Å². The van der Waals surface area contributed by atoms with Crippen LogP contribution in [0.4, 0.5) is 0 Å². The van der Waals surface area contributed by atoms with Gasteiger partial charge in [0, 0.05) is 29.4 Å². The number of esters is 1. The maximum Gasteiger partial charge on any atom is 0.361 e. The predicted molar refractivity (Wildman–Crippen MR) is 96.9 cm³/mol. The molecule has 0 radical (unpaired) electrons. The van der Waals surface area contributed by atoms with Crippen molar-refractivity contribution in [2.45, 2.75) is 25.7 Å². The van der Waals surface area contributed by atoms with E-state index in [-0.39, 0.29) is 34.4 Å². The van der Waals surface area contributed by atoms with Gasteiger partial charge < -0.3 is 14.2 Å². The molecule has 1 saturated carbocycles. The van der Waals surface area contributed by atoms with Crippen molar-refractivity contribution in [2.24, 2.45) is 0 Å². The summed E-state index contributed by atoms with van der Waals surface area (Å²) in [5, 5.41) is 4.06. The molecule has 27 heavy (non-hydrogen) atoms. The number of rotatable bonds is 6. The molecule has 1 N–H and O–H groups in total. The van der Waals surface area contributed by atoms with E-state index < -0.39 is 11.8 Å². The van der Waals surface area contributed by atoms with E-state index in [9.17, 15) is 9.59 Å². The first-order chi connectivity index (χ1) is 13.1. The minimum Gasteiger partial charge on any atom is -0.461 e. The van der Waals surface area contributed by atoms with Gasteiger partial charge in [0.15, 0.2) is 5.76 Å². The van der Waals surface area contributed by atoms with E-state index in [1.165, 1.54) is 0 Å². The second-order valence-electron chi connectivity index (χ2n) is 6.23. The Morgan fingerprint density at radius 3 is 2.81 bits per heavy atom. The largest absolute Gasteiger partial charge is 0.461 e. The Hall–Kier alpha value is -2.93. The highest BCUT2D eigenvalue weighted by Gasteiger charge is 2.38. The molecule has 138 valence electrons. The van der Waals surface area contributed by atoms with Gasteiger partial charge in [0.25, 0.3) is 0 Å². The zero-order valence-corrected chi connectivity index (χ0v) is 15.2. The molecule has 0 saturated heterocycles. The molecule has 1 aliphatic rings. The number of aromatic amines is 1. The Morgan fingerprint density at radius 2 is 2.19 bits per heavy atom. The van der Waals surface area contributed by atoms with Crippen molar-refractivity contribution < 1.29 is 18.8 Å². The van der Waals surface area contributed by atoms with Crippen LogP contribution in [-0.2, 0) is 4.74 Å². The van der Waals surface area contributed by atoms with Gasteiger partial charge in [-0.25, -0.2) is 9.78 Å². The first-order valence-electron chi connectivity index (χ1n) is 8.60. The standard InChI is InChI=1S/C19H16ClN3O4/c1-2-26-19(25)15-14(17(27-23-15)10-3-4-10)16(24)12-6-5-11(9-13(12)20)18-21-7-8-22-18/h5-10H,2-4H2,1H3,(H,21,22). The molecule has 0 spiro atoms. The van der Waals surface area contributed by atoms with Gasteiger partial charge in [-0.1, -0.05) is 22.8 Å². The molecule has 8 heteroatoms. The predicted octanol–water partition coefficient (Wildman–Crippen LogP) is 4.00. The number of nitrogens with zero attached hydrogens (tertiary/aromatic N) is 2. The zero-order valence-electron chi connectivity index (χ0n) is 14.5. The van der Waals surface area contributed by atoms with Crippen molar-refractivity contribution in [3.8, 4) is 11.4 Å². The molecular weight excluding hydrogens is 370 g/mol. The van der Waals surface area contributed by atoms with E-state index in [1.807, 2.05) is 0 Å². The highest BCUT2D eigenvalue weighted by Crippen LogP contribution is 2.43. The minimum atomic E-state index is -0.681. The molecule has 1 fully saturated rings. The molecule has 1 aromatic carbocycles. The summed E-state index contributed by atoms with van der Waals surface area (Å²) in [7, 11) is 0. The van der Waals surface area contributed by atoms with Crippen LogP contribution in [0, 0.1) is 0 Å². The lowest BCUT2D eigenvalue weighted by atomic mass is 9.98. The first-order valence-corrected chi connectivity index (χ1v) is 8.98. The molecule has 0 unspecified atom stereocenters. The average molecular weight is 386 g/mol. The number of halogens is 1. The Balaban J connectivity index is 1.74. The topological polar surface area (TPSA) is 98.1 Å². The van der Waals surface area contributed by atoms with Crippen LogP contribution >= 0.6 is 11.6 Å². The van der Waals surface area contributed by atoms with Crippen molar-refractivity contribution in [1.82, 2.24) is 15.1 Å². The molecule has 0 atom stereocenters. The summed E-state index contributed by atoms with van der Waals surface area (Å²) < 4.78 is 10.3. The number of aromatic nitrogens is 3. The van der Waals surface area contributed by atoms with Crippen LogP contribution in [0.25, 0.3) is 11.4 Å². The number of carbonyl (C=O) groups excluding carboxylic acids is 2. The van der Waals surface area contributed by atoms with Gasteiger partial charge in [0.2, 0.25) is 11.5 Å². The highest BCUT2D eigenvalue weighted by molar-refractivity contribution is 6.35. The van der Waals surface area contributed by atoms with Crippen LogP contribution in [0.5, 0.6) is 0 Å². The Kier molecular flexibility index (Phi) is 4.53. The van der Waals surface area contributed by atoms with Crippen LogP contribution in [0.3, 0.4) is 0 Å². The molecule has 7 nitrogen and oxygen atoms in total. The second kappa shape index (κ2) is 7.00. The number of imidazole rings is 1. The molecule has 0 aliphatic heterocycles. The molecule has 3 aromatic rings. The van der Waals surface area contributed by atoms with E-state index >= 15 is 0 Å². The Labute approximate surface area is 159 Å². The van der Waals surface area contributed by atoms with Gasteiger partial charge in [0.05, 0.1) is 11.6 Å². The fourth-order valence-electron chi connectivity index (χ4n) is 2.89. The summed E-state index contributed by atoms with van der Waals surface area (Å²) in [6, 6.07) is 5.01. The van der Waals surface area contributed by atoms with Crippen LogP contribution in [0.1, 0.15) is 57.9 Å². The average Bonchev–Trinajstić information content (AvgIpc) is 3.19. The summed E-state index contributed by atoms with van der Waals surface area (Å²) in [5.41, 5.74) is 1.06. The van der Waals surface area contributed by atoms with Crippen molar-refractivity contribution in [3.63, 3.8) is 0 Å². The molecule has 4 rings (SSSR count). The van der Waals surface area contributed by atoms with Crippen LogP contribution < -0.4 is 0 Å². The number of ether oxygens (including phenoxy) is 1. The van der Waals surface area contributed by atoms with E-state index in [0.29, 0.717) is 11.6 Å². The number of benzene rings is 1.